The van der Waals surface area contributed by atoms with Gasteiger partial charge >= 0.3 is 0 Å². The minimum absolute atomic E-state index is 0.672. The molecule has 1 N–H and O–H groups in total. The average molecular weight is 209 g/mol. The molecule has 0 radical (unpaired) electrons. The second kappa shape index (κ2) is 4.86. The van der Waals surface area contributed by atoms with E-state index in [2.05, 4.69) is 19.2 Å². The Labute approximate surface area is 95.0 Å². The van der Waals surface area contributed by atoms with Crippen LogP contribution < -0.4 is 5.32 Å². The van der Waals surface area contributed by atoms with Crippen molar-refractivity contribution in [3.05, 3.63) is 0 Å². The molecular weight excluding hydrogens is 182 g/mol. The van der Waals surface area contributed by atoms with Crippen LogP contribution in [0.5, 0.6) is 0 Å². The third kappa shape index (κ3) is 2.75. The van der Waals surface area contributed by atoms with Crippen LogP contribution in [0.3, 0.4) is 0 Å². The Bertz CT molecular complexity index is 194. The zero-order valence-corrected chi connectivity index (χ0v) is 10.5. The van der Waals surface area contributed by atoms with Crippen LogP contribution in [-0.4, -0.2) is 12.6 Å². The van der Waals surface area contributed by atoms with Gasteiger partial charge in [0.25, 0.3) is 0 Å². The van der Waals surface area contributed by atoms with Crippen molar-refractivity contribution in [2.45, 2.75) is 71.3 Å². The molecule has 2 aliphatic carbocycles. The van der Waals surface area contributed by atoms with Gasteiger partial charge < -0.3 is 5.32 Å². The summed E-state index contributed by atoms with van der Waals surface area (Å²) in [6.07, 6.45) is 11.5. The van der Waals surface area contributed by atoms with Crippen LogP contribution in [-0.2, 0) is 0 Å². The Balaban J connectivity index is 1.76. The fourth-order valence-electron chi connectivity index (χ4n) is 3.53. The maximum atomic E-state index is 3.85. The molecule has 2 rings (SSSR count). The zero-order valence-electron chi connectivity index (χ0n) is 10.5. The van der Waals surface area contributed by atoms with E-state index in [1.807, 2.05) is 0 Å². The number of hydrogen-bond acceptors (Lipinski definition) is 1. The lowest BCUT2D eigenvalue weighted by Crippen LogP contribution is -2.37. The quantitative estimate of drug-likeness (QED) is 0.744. The number of rotatable bonds is 4. The van der Waals surface area contributed by atoms with E-state index in [1.54, 1.807) is 0 Å². The van der Waals surface area contributed by atoms with Crippen LogP contribution in [0, 0.1) is 11.3 Å². The highest BCUT2D eigenvalue weighted by molar-refractivity contribution is 4.88. The number of hydrogen-bond donors (Lipinski definition) is 1. The van der Waals surface area contributed by atoms with E-state index in [9.17, 15) is 0 Å². The van der Waals surface area contributed by atoms with Gasteiger partial charge in [0.15, 0.2) is 0 Å². The van der Waals surface area contributed by atoms with Crippen LogP contribution in [0.4, 0.5) is 0 Å². The van der Waals surface area contributed by atoms with Gasteiger partial charge in [0, 0.05) is 12.6 Å². The third-order valence-corrected chi connectivity index (χ3v) is 4.87. The number of nitrogens with one attached hydrogen (secondary N) is 1. The molecule has 2 saturated carbocycles. The van der Waals surface area contributed by atoms with E-state index in [4.69, 9.17) is 0 Å². The molecule has 2 fully saturated rings. The predicted molar refractivity (Wildman–Crippen MR) is 66.0 cm³/mol. The second-order valence-corrected chi connectivity index (χ2v) is 6.06. The van der Waals surface area contributed by atoms with Gasteiger partial charge in [-0.1, -0.05) is 26.7 Å². The van der Waals surface area contributed by atoms with E-state index in [0.717, 1.165) is 12.0 Å². The standard InChI is InChI=1S/C14H27N/c1-3-14(8-4-5-9-14)11-15-13-7-6-12(2)10-13/h12-13,15H,3-11H2,1-2H3. The molecule has 0 bridgehead atoms. The molecule has 0 aromatic heterocycles. The predicted octanol–water partition coefficient (Wildman–Crippen LogP) is 3.74. The highest BCUT2D eigenvalue weighted by atomic mass is 14.9. The highest BCUT2D eigenvalue weighted by Crippen LogP contribution is 2.40. The van der Waals surface area contributed by atoms with Crippen molar-refractivity contribution < 1.29 is 0 Å². The molecule has 0 saturated heterocycles. The molecule has 0 heterocycles. The van der Waals surface area contributed by atoms with Gasteiger partial charge in [-0.3, -0.25) is 0 Å². The Hall–Kier alpha value is -0.0400. The lowest BCUT2D eigenvalue weighted by Gasteiger charge is -2.29. The summed E-state index contributed by atoms with van der Waals surface area (Å²) in [6, 6.07) is 0.837. The van der Waals surface area contributed by atoms with E-state index in [0.29, 0.717) is 5.41 Å². The zero-order chi connectivity index (χ0) is 10.7. The first kappa shape index (κ1) is 11.4. The van der Waals surface area contributed by atoms with Crippen molar-refractivity contribution in [3.63, 3.8) is 0 Å². The van der Waals surface area contributed by atoms with Crippen LogP contribution in [0.1, 0.15) is 65.2 Å². The third-order valence-electron chi connectivity index (χ3n) is 4.87. The van der Waals surface area contributed by atoms with Crippen molar-refractivity contribution >= 4 is 0 Å². The molecule has 88 valence electrons. The fraction of sp³-hybridized carbons (Fsp3) is 1.00. The van der Waals surface area contributed by atoms with Gasteiger partial charge in [0.1, 0.15) is 0 Å². The molecule has 2 aliphatic rings. The minimum atomic E-state index is 0.672. The molecule has 0 aliphatic heterocycles. The van der Waals surface area contributed by atoms with Crippen LogP contribution in [0.2, 0.25) is 0 Å². The van der Waals surface area contributed by atoms with Crippen LogP contribution >= 0.6 is 0 Å². The average Bonchev–Trinajstić information content (AvgIpc) is 2.85. The van der Waals surface area contributed by atoms with Crippen molar-refractivity contribution in [2.75, 3.05) is 6.54 Å². The van der Waals surface area contributed by atoms with Crippen molar-refractivity contribution in [1.82, 2.24) is 5.32 Å². The summed E-state index contributed by atoms with van der Waals surface area (Å²) in [6.45, 7) is 6.07. The van der Waals surface area contributed by atoms with Gasteiger partial charge in [-0.2, -0.15) is 0 Å². The first-order valence-corrected chi connectivity index (χ1v) is 6.97. The van der Waals surface area contributed by atoms with Crippen LogP contribution in [0.25, 0.3) is 0 Å². The molecule has 0 aromatic carbocycles. The first-order chi connectivity index (χ1) is 7.24. The lowest BCUT2D eigenvalue weighted by molar-refractivity contribution is 0.255. The van der Waals surface area contributed by atoms with E-state index in [-0.39, 0.29) is 0 Å². The van der Waals surface area contributed by atoms with Crippen molar-refractivity contribution in [2.24, 2.45) is 11.3 Å². The minimum Gasteiger partial charge on any atom is -0.313 e. The van der Waals surface area contributed by atoms with Gasteiger partial charge in [-0.15, -0.1) is 0 Å². The maximum absolute atomic E-state index is 3.85. The van der Waals surface area contributed by atoms with Crippen LogP contribution in [0.15, 0.2) is 0 Å². The SMILES string of the molecule is CCC1(CNC2CCC(C)C2)CCCC1. The molecule has 0 amide bonds. The van der Waals surface area contributed by atoms with Gasteiger partial charge in [0.05, 0.1) is 0 Å². The summed E-state index contributed by atoms with van der Waals surface area (Å²) in [5.41, 5.74) is 0.672. The Morgan fingerprint density at radius 1 is 1.20 bits per heavy atom. The summed E-state index contributed by atoms with van der Waals surface area (Å²) >= 11 is 0. The van der Waals surface area contributed by atoms with Gasteiger partial charge in [0.2, 0.25) is 0 Å². The van der Waals surface area contributed by atoms with E-state index >= 15 is 0 Å². The Kier molecular flexibility index (Phi) is 3.71. The smallest absolute Gasteiger partial charge is 0.00699 e. The van der Waals surface area contributed by atoms with Crippen molar-refractivity contribution in [3.8, 4) is 0 Å². The molecular formula is C14H27N. The summed E-state index contributed by atoms with van der Waals surface area (Å²) in [5.74, 6) is 0.962. The normalized spacial score (nSPS) is 34.8. The summed E-state index contributed by atoms with van der Waals surface area (Å²) in [4.78, 5) is 0. The van der Waals surface area contributed by atoms with Crippen molar-refractivity contribution in [1.29, 1.82) is 0 Å². The maximum Gasteiger partial charge on any atom is 0.00699 e. The second-order valence-electron chi connectivity index (χ2n) is 6.06. The topological polar surface area (TPSA) is 12.0 Å². The summed E-state index contributed by atoms with van der Waals surface area (Å²) in [7, 11) is 0. The molecule has 1 heteroatoms. The lowest BCUT2D eigenvalue weighted by atomic mass is 9.83. The molecule has 0 aromatic rings. The van der Waals surface area contributed by atoms with E-state index in [1.165, 1.54) is 57.9 Å². The first-order valence-electron chi connectivity index (χ1n) is 6.97. The Morgan fingerprint density at radius 3 is 2.47 bits per heavy atom. The van der Waals surface area contributed by atoms with Gasteiger partial charge in [-0.25, -0.2) is 0 Å². The molecule has 15 heavy (non-hydrogen) atoms. The van der Waals surface area contributed by atoms with E-state index < -0.39 is 0 Å². The summed E-state index contributed by atoms with van der Waals surface area (Å²) in [5, 5.41) is 3.85. The molecule has 2 unspecified atom stereocenters. The Morgan fingerprint density at radius 2 is 1.93 bits per heavy atom. The molecule has 1 nitrogen and oxygen atoms in total. The molecule has 0 spiro atoms. The monoisotopic (exact) mass is 209 g/mol. The largest absolute Gasteiger partial charge is 0.313 e. The van der Waals surface area contributed by atoms with Gasteiger partial charge in [-0.05, 0) is 49.9 Å². The highest BCUT2D eigenvalue weighted by Gasteiger charge is 2.33. The molecule has 2 atom stereocenters. The fourth-order valence-corrected chi connectivity index (χ4v) is 3.53. The summed E-state index contributed by atoms with van der Waals surface area (Å²) < 4.78 is 0.